The fraction of sp³-hybridized carbons (Fsp3) is 0.294. The van der Waals surface area contributed by atoms with E-state index >= 15 is 0 Å². The first kappa shape index (κ1) is 15.3. The molecule has 0 unspecified atom stereocenters. The van der Waals surface area contributed by atoms with Crippen molar-refractivity contribution in [2.24, 2.45) is 0 Å². The molecule has 1 amide bonds. The Balaban J connectivity index is 1.94. The van der Waals surface area contributed by atoms with E-state index in [1.807, 2.05) is 28.6 Å². The highest BCUT2D eigenvalue weighted by molar-refractivity contribution is 5.78. The zero-order chi connectivity index (χ0) is 16.2. The molecule has 2 heterocycles. The summed E-state index contributed by atoms with van der Waals surface area (Å²) in [4.78, 5) is 18.2. The Bertz CT molecular complexity index is 718. The summed E-state index contributed by atoms with van der Waals surface area (Å²) in [7, 11) is 1.58. The number of rotatable bonds is 5. The molecule has 2 aromatic rings. The van der Waals surface area contributed by atoms with Crippen molar-refractivity contribution in [1.29, 1.82) is 0 Å². The molecule has 3 rings (SSSR count). The fourth-order valence-corrected chi connectivity index (χ4v) is 2.74. The summed E-state index contributed by atoms with van der Waals surface area (Å²) in [6, 6.07) is 10.8. The maximum atomic E-state index is 11.8. The number of anilines is 1. The molecule has 6 heteroatoms. The van der Waals surface area contributed by atoms with Crippen molar-refractivity contribution in [3.63, 3.8) is 0 Å². The first-order valence-electron chi connectivity index (χ1n) is 7.51. The number of aromatic nitrogens is 1. The number of methoxy groups -OCH3 is 1. The van der Waals surface area contributed by atoms with Gasteiger partial charge in [-0.3, -0.25) is 4.79 Å². The minimum absolute atomic E-state index is 0.168. The molecule has 1 N–H and O–H groups in total. The van der Waals surface area contributed by atoms with E-state index in [9.17, 15) is 10.0 Å². The molecule has 1 aromatic carbocycles. The highest BCUT2D eigenvalue weighted by atomic mass is 16.5. The topological polar surface area (TPSA) is 77.5 Å². The van der Waals surface area contributed by atoms with Crippen molar-refractivity contribution in [2.45, 2.75) is 19.4 Å². The van der Waals surface area contributed by atoms with Crippen molar-refractivity contribution in [3.05, 3.63) is 47.3 Å². The SMILES string of the molecule is COc1ccc(CN2CCCC2=O)nc1-c1cccc(N[O-])c1. The molecular formula is C17H18N3O3-. The van der Waals surface area contributed by atoms with Crippen LogP contribution in [-0.2, 0) is 11.3 Å². The van der Waals surface area contributed by atoms with Crippen LogP contribution < -0.4 is 10.2 Å². The second kappa shape index (κ2) is 6.66. The summed E-state index contributed by atoms with van der Waals surface area (Å²) >= 11 is 0. The number of ether oxygens (including phenoxy) is 1. The molecule has 0 aliphatic carbocycles. The van der Waals surface area contributed by atoms with Crippen molar-refractivity contribution in [2.75, 3.05) is 19.1 Å². The van der Waals surface area contributed by atoms with E-state index in [0.717, 1.165) is 24.2 Å². The fourth-order valence-electron chi connectivity index (χ4n) is 2.74. The molecule has 1 fully saturated rings. The van der Waals surface area contributed by atoms with Crippen LogP contribution in [0.2, 0.25) is 0 Å². The zero-order valence-electron chi connectivity index (χ0n) is 12.9. The molecule has 120 valence electrons. The number of amides is 1. The molecular weight excluding hydrogens is 294 g/mol. The number of hydrogen-bond acceptors (Lipinski definition) is 5. The monoisotopic (exact) mass is 312 g/mol. The van der Waals surface area contributed by atoms with Crippen LogP contribution in [0.5, 0.6) is 5.75 Å². The number of carbonyl (C=O) groups is 1. The first-order chi connectivity index (χ1) is 11.2. The van der Waals surface area contributed by atoms with E-state index in [2.05, 4.69) is 4.98 Å². The normalized spacial score (nSPS) is 14.2. The lowest BCUT2D eigenvalue weighted by atomic mass is 10.1. The number of hydrogen-bond donors (Lipinski definition) is 1. The molecule has 1 aromatic heterocycles. The van der Waals surface area contributed by atoms with Crippen molar-refractivity contribution in [1.82, 2.24) is 9.88 Å². The minimum Gasteiger partial charge on any atom is -0.761 e. The van der Waals surface area contributed by atoms with Crippen LogP contribution in [0.4, 0.5) is 5.69 Å². The van der Waals surface area contributed by atoms with Crippen LogP contribution in [0.3, 0.4) is 0 Å². The van der Waals surface area contributed by atoms with Crippen LogP contribution in [0.1, 0.15) is 18.5 Å². The summed E-state index contributed by atoms with van der Waals surface area (Å²) in [6.07, 6.45) is 1.51. The largest absolute Gasteiger partial charge is 0.761 e. The maximum absolute atomic E-state index is 11.8. The van der Waals surface area contributed by atoms with Gasteiger partial charge in [0.15, 0.2) is 0 Å². The van der Waals surface area contributed by atoms with Crippen LogP contribution in [0.15, 0.2) is 36.4 Å². The Kier molecular flexibility index (Phi) is 4.43. The molecule has 23 heavy (non-hydrogen) atoms. The van der Waals surface area contributed by atoms with Gasteiger partial charge in [-0.05, 0) is 30.7 Å². The number of carbonyl (C=O) groups excluding carboxylic acids is 1. The van der Waals surface area contributed by atoms with Gasteiger partial charge in [0.25, 0.3) is 0 Å². The average Bonchev–Trinajstić information content (AvgIpc) is 2.99. The van der Waals surface area contributed by atoms with Gasteiger partial charge in [0.2, 0.25) is 5.91 Å². The Morgan fingerprint density at radius 3 is 2.91 bits per heavy atom. The number of benzene rings is 1. The average molecular weight is 312 g/mol. The molecule has 0 radical (unpaired) electrons. The summed E-state index contributed by atoms with van der Waals surface area (Å²) < 4.78 is 5.38. The summed E-state index contributed by atoms with van der Waals surface area (Å²) in [5.74, 6) is 0.797. The third kappa shape index (κ3) is 3.27. The number of nitrogens with one attached hydrogen (secondary N) is 1. The van der Waals surface area contributed by atoms with Gasteiger partial charge in [-0.1, -0.05) is 12.1 Å². The van der Waals surface area contributed by atoms with E-state index in [1.165, 1.54) is 0 Å². The second-order valence-electron chi connectivity index (χ2n) is 5.46. The Labute approximate surface area is 134 Å². The van der Waals surface area contributed by atoms with Crippen LogP contribution in [0, 0.1) is 5.21 Å². The zero-order valence-corrected chi connectivity index (χ0v) is 12.9. The summed E-state index contributed by atoms with van der Waals surface area (Å²) in [5, 5.41) is 10.9. The first-order valence-corrected chi connectivity index (χ1v) is 7.51. The second-order valence-corrected chi connectivity index (χ2v) is 5.46. The molecule has 1 aliphatic rings. The molecule has 0 saturated carbocycles. The van der Waals surface area contributed by atoms with E-state index in [0.29, 0.717) is 30.1 Å². The third-order valence-corrected chi connectivity index (χ3v) is 3.91. The lowest BCUT2D eigenvalue weighted by Gasteiger charge is -2.17. The van der Waals surface area contributed by atoms with Crippen LogP contribution in [0.25, 0.3) is 11.3 Å². The van der Waals surface area contributed by atoms with E-state index in [1.54, 1.807) is 25.3 Å². The highest BCUT2D eigenvalue weighted by Crippen LogP contribution is 2.30. The predicted octanol–water partition coefficient (Wildman–Crippen LogP) is 2.79. The Morgan fingerprint density at radius 2 is 2.22 bits per heavy atom. The smallest absolute Gasteiger partial charge is 0.222 e. The summed E-state index contributed by atoms with van der Waals surface area (Å²) in [5.41, 5.74) is 4.60. The van der Waals surface area contributed by atoms with E-state index in [-0.39, 0.29) is 5.91 Å². The van der Waals surface area contributed by atoms with Crippen LogP contribution in [-0.4, -0.2) is 29.4 Å². The number of likely N-dealkylation sites (tertiary alicyclic amines) is 1. The quantitative estimate of drug-likeness (QED) is 0.859. The van der Waals surface area contributed by atoms with Gasteiger partial charge in [-0.25, -0.2) is 4.98 Å². The Morgan fingerprint density at radius 1 is 1.35 bits per heavy atom. The van der Waals surface area contributed by atoms with Crippen molar-refractivity contribution < 1.29 is 9.53 Å². The van der Waals surface area contributed by atoms with E-state index in [4.69, 9.17) is 4.74 Å². The lowest BCUT2D eigenvalue weighted by Crippen LogP contribution is -2.24. The molecule has 0 spiro atoms. The van der Waals surface area contributed by atoms with Gasteiger partial charge in [-0.2, -0.15) is 0 Å². The van der Waals surface area contributed by atoms with Gasteiger partial charge in [-0.15, -0.1) is 0 Å². The van der Waals surface area contributed by atoms with Crippen molar-refractivity contribution >= 4 is 11.6 Å². The lowest BCUT2D eigenvalue weighted by molar-refractivity contribution is -0.128. The van der Waals surface area contributed by atoms with Gasteiger partial charge >= 0.3 is 0 Å². The van der Waals surface area contributed by atoms with E-state index < -0.39 is 0 Å². The molecule has 1 aliphatic heterocycles. The number of nitrogens with zero attached hydrogens (tertiary/aromatic N) is 2. The standard InChI is InChI=1S/C17H18N3O3/c1-23-15-8-7-14(11-20-9-3-6-16(20)21)18-17(15)12-4-2-5-13(10-12)19-22/h2,4-5,7-8,10,19H,3,6,9,11H2,1H3/q-1. The maximum Gasteiger partial charge on any atom is 0.222 e. The number of pyridine rings is 1. The van der Waals surface area contributed by atoms with Crippen LogP contribution >= 0.6 is 0 Å². The predicted molar refractivity (Wildman–Crippen MR) is 87.9 cm³/mol. The third-order valence-electron chi connectivity index (χ3n) is 3.91. The minimum atomic E-state index is 0.168. The van der Waals surface area contributed by atoms with Crippen molar-refractivity contribution in [3.8, 4) is 17.0 Å². The Hall–Kier alpha value is -2.60. The highest BCUT2D eigenvalue weighted by Gasteiger charge is 2.21. The van der Waals surface area contributed by atoms with Gasteiger partial charge in [0.05, 0.1) is 19.3 Å². The molecule has 0 atom stereocenters. The molecule has 1 saturated heterocycles. The molecule has 0 bridgehead atoms. The summed E-state index contributed by atoms with van der Waals surface area (Å²) in [6.45, 7) is 1.27. The van der Waals surface area contributed by atoms with Gasteiger partial charge in [0.1, 0.15) is 11.4 Å². The molecule has 6 nitrogen and oxygen atoms in total. The van der Waals surface area contributed by atoms with Gasteiger partial charge < -0.3 is 20.3 Å². The van der Waals surface area contributed by atoms with Gasteiger partial charge in [0, 0.05) is 24.2 Å².